The van der Waals surface area contributed by atoms with Gasteiger partial charge in [-0.25, -0.2) is 9.07 Å². The Bertz CT molecular complexity index is 1370. The van der Waals surface area contributed by atoms with Gasteiger partial charge in [0.1, 0.15) is 17.3 Å². The zero-order valence-corrected chi connectivity index (χ0v) is 19.3. The van der Waals surface area contributed by atoms with Crippen LogP contribution in [0.2, 0.25) is 5.02 Å². The molecule has 0 radical (unpaired) electrons. The Hall–Kier alpha value is -4.08. The topological polar surface area (TPSA) is 109 Å². The van der Waals surface area contributed by atoms with Crippen molar-refractivity contribution in [3.63, 3.8) is 0 Å². The fourth-order valence-electron chi connectivity index (χ4n) is 3.31. The number of aromatic nitrogens is 3. The number of nitrogens with one attached hydrogen (secondary N) is 2. The standard InChI is InChI=1S/C25H21ClFN5O3/c1-15(33)14-29-25(35)21-13-22(32(31-21)17-6-3-2-4-7-17)30-24(34)18-12-16(9-10-19(18)26)23-20(27)8-5-11-28-23/h2-13,15,33H,14H2,1H3,(H,29,35)(H,30,34). The SMILES string of the molecule is CC(O)CNC(=O)c1cc(NC(=O)c2cc(-c3ncccc3F)ccc2Cl)n(-c2ccccc2)n1. The number of aliphatic hydroxyl groups excluding tert-OH is 1. The van der Waals surface area contributed by atoms with Gasteiger partial charge >= 0.3 is 0 Å². The Morgan fingerprint density at radius 1 is 1.09 bits per heavy atom. The van der Waals surface area contributed by atoms with E-state index in [4.69, 9.17) is 11.6 Å². The lowest BCUT2D eigenvalue weighted by Crippen LogP contribution is -2.30. The van der Waals surface area contributed by atoms with E-state index in [0.717, 1.165) is 0 Å². The molecule has 1 unspecified atom stereocenters. The second kappa shape index (κ2) is 10.5. The molecule has 0 aliphatic heterocycles. The van der Waals surface area contributed by atoms with Gasteiger partial charge in [0.25, 0.3) is 11.8 Å². The predicted molar refractivity (Wildman–Crippen MR) is 130 cm³/mol. The summed E-state index contributed by atoms with van der Waals surface area (Å²) in [5.41, 5.74) is 1.21. The van der Waals surface area contributed by atoms with Gasteiger partial charge in [-0.2, -0.15) is 5.10 Å². The lowest BCUT2D eigenvalue weighted by molar-refractivity contribution is 0.0918. The molecule has 4 aromatic rings. The minimum absolute atomic E-state index is 0.0419. The first-order valence-electron chi connectivity index (χ1n) is 10.7. The zero-order valence-electron chi connectivity index (χ0n) is 18.6. The molecular formula is C25H21ClFN5O3. The van der Waals surface area contributed by atoms with Gasteiger partial charge in [-0.3, -0.25) is 14.6 Å². The maximum absolute atomic E-state index is 14.2. The van der Waals surface area contributed by atoms with Crippen molar-refractivity contribution in [2.24, 2.45) is 0 Å². The van der Waals surface area contributed by atoms with Crippen molar-refractivity contribution in [2.45, 2.75) is 13.0 Å². The van der Waals surface area contributed by atoms with Crippen LogP contribution in [-0.2, 0) is 0 Å². The molecular weight excluding hydrogens is 473 g/mol. The largest absolute Gasteiger partial charge is 0.392 e. The second-order valence-corrected chi connectivity index (χ2v) is 8.11. The smallest absolute Gasteiger partial charge is 0.271 e. The van der Waals surface area contributed by atoms with Gasteiger partial charge in [0.15, 0.2) is 5.69 Å². The van der Waals surface area contributed by atoms with Crippen molar-refractivity contribution < 1.29 is 19.1 Å². The highest BCUT2D eigenvalue weighted by atomic mass is 35.5. The third-order valence-corrected chi connectivity index (χ3v) is 5.31. The Morgan fingerprint density at radius 3 is 2.57 bits per heavy atom. The number of pyridine rings is 1. The molecule has 4 rings (SSSR count). The van der Waals surface area contributed by atoms with Gasteiger partial charge < -0.3 is 15.7 Å². The van der Waals surface area contributed by atoms with E-state index in [2.05, 4.69) is 20.7 Å². The van der Waals surface area contributed by atoms with Crippen molar-refractivity contribution in [3.05, 3.63) is 95.0 Å². The fourth-order valence-corrected chi connectivity index (χ4v) is 3.51. The third kappa shape index (κ3) is 5.53. The van der Waals surface area contributed by atoms with Crippen LogP contribution in [0, 0.1) is 5.82 Å². The molecule has 0 saturated carbocycles. The summed E-state index contributed by atoms with van der Waals surface area (Å²) in [6.07, 6.45) is 0.725. The highest BCUT2D eigenvalue weighted by Gasteiger charge is 2.20. The first-order valence-corrected chi connectivity index (χ1v) is 11.0. The van der Waals surface area contributed by atoms with Crippen LogP contribution >= 0.6 is 11.6 Å². The summed E-state index contributed by atoms with van der Waals surface area (Å²) in [6, 6.07) is 17.6. The van der Waals surface area contributed by atoms with Crippen molar-refractivity contribution in [3.8, 4) is 16.9 Å². The van der Waals surface area contributed by atoms with Crippen molar-refractivity contribution in [1.82, 2.24) is 20.1 Å². The molecule has 2 heterocycles. The summed E-state index contributed by atoms with van der Waals surface area (Å²) >= 11 is 6.28. The number of benzene rings is 2. The number of anilines is 1. The normalized spacial score (nSPS) is 11.7. The Kier molecular flexibility index (Phi) is 7.19. The molecule has 1 atom stereocenters. The number of halogens is 2. The van der Waals surface area contributed by atoms with Crippen LogP contribution in [0.1, 0.15) is 27.8 Å². The molecule has 10 heteroatoms. The first-order chi connectivity index (χ1) is 16.8. The van der Waals surface area contributed by atoms with Crippen LogP contribution in [0.25, 0.3) is 16.9 Å². The molecule has 0 spiro atoms. The van der Waals surface area contributed by atoms with E-state index >= 15 is 0 Å². The van der Waals surface area contributed by atoms with Crippen molar-refractivity contribution >= 4 is 29.2 Å². The van der Waals surface area contributed by atoms with Gasteiger partial charge in [-0.05, 0) is 43.3 Å². The molecule has 0 aliphatic rings. The molecule has 35 heavy (non-hydrogen) atoms. The van der Waals surface area contributed by atoms with Gasteiger partial charge in [-0.1, -0.05) is 35.9 Å². The molecule has 2 amide bonds. The zero-order chi connectivity index (χ0) is 24.9. The predicted octanol–water partition coefficient (Wildman–Crippen LogP) is 4.09. The number of para-hydroxylation sites is 1. The number of amides is 2. The molecule has 2 aromatic heterocycles. The number of rotatable bonds is 7. The van der Waals surface area contributed by atoms with Gasteiger partial charge in [0, 0.05) is 24.4 Å². The van der Waals surface area contributed by atoms with Crippen LogP contribution in [0.3, 0.4) is 0 Å². The molecule has 8 nitrogen and oxygen atoms in total. The van der Waals surface area contributed by atoms with E-state index in [1.807, 2.05) is 6.07 Å². The Morgan fingerprint density at radius 2 is 1.86 bits per heavy atom. The average Bonchev–Trinajstić information content (AvgIpc) is 3.27. The molecule has 3 N–H and O–H groups in total. The quantitative estimate of drug-likeness (QED) is 0.359. The number of aliphatic hydroxyl groups is 1. The van der Waals surface area contributed by atoms with Crippen LogP contribution in [0.4, 0.5) is 10.2 Å². The van der Waals surface area contributed by atoms with Crippen molar-refractivity contribution in [2.75, 3.05) is 11.9 Å². The summed E-state index contributed by atoms with van der Waals surface area (Å²) in [6.45, 7) is 1.59. The average molecular weight is 494 g/mol. The highest BCUT2D eigenvalue weighted by Crippen LogP contribution is 2.27. The van der Waals surface area contributed by atoms with Gasteiger partial charge in [0.05, 0.1) is 22.4 Å². The minimum atomic E-state index is -0.729. The molecule has 0 fully saturated rings. The maximum atomic E-state index is 14.2. The Balaban J connectivity index is 1.68. The molecule has 2 aromatic carbocycles. The lowest BCUT2D eigenvalue weighted by atomic mass is 10.1. The lowest BCUT2D eigenvalue weighted by Gasteiger charge is -2.11. The molecule has 0 saturated heterocycles. The van der Waals surface area contributed by atoms with Crippen LogP contribution < -0.4 is 10.6 Å². The summed E-state index contributed by atoms with van der Waals surface area (Å²) < 4.78 is 15.6. The highest BCUT2D eigenvalue weighted by molar-refractivity contribution is 6.34. The molecule has 0 aliphatic carbocycles. The molecule has 0 bridgehead atoms. The summed E-state index contributed by atoms with van der Waals surface area (Å²) in [4.78, 5) is 29.8. The second-order valence-electron chi connectivity index (χ2n) is 7.70. The third-order valence-electron chi connectivity index (χ3n) is 4.99. The summed E-state index contributed by atoms with van der Waals surface area (Å²) in [5, 5.41) is 19.2. The minimum Gasteiger partial charge on any atom is -0.392 e. The van der Waals surface area contributed by atoms with Gasteiger partial charge in [-0.15, -0.1) is 0 Å². The van der Waals surface area contributed by atoms with Crippen LogP contribution in [0.5, 0.6) is 0 Å². The fraction of sp³-hybridized carbons (Fsp3) is 0.120. The molecule has 178 valence electrons. The van der Waals surface area contributed by atoms with Crippen molar-refractivity contribution in [1.29, 1.82) is 0 Å². The number of hydrogen-bond acceptors (Lipinski definition) is 5. The maximum Gasteiger partial charge on any atom is 0.271 e. The van der Waals surface area contributed by atoms with E-state index in [0.29, 0.717) is 11.3 Å². The van der Waals surface area contributed by atoms with Crippen LogP contribution in [0.15, 0.2) is 72.9 Å². The summed E-state index contributed by atoms with van der Waals surface area (Å²) in [5.74, 6) is -1.41. The summed E-state index contributed by atoms with van der Waals surface area (Å²) in [7, 11) is 0. The number of nitrogens with zero attached hydrogens (tertiary/aromatic N) is 3. The van der Waals surface area contributed by atoms with E-state index in [-0.39, 0.29) is 34.3 Å². The van der Waals surface area contributed by atoms with Gasteiger partial charge in [0.2, 0.25) is 0 Å². The first kappa shape index (κ1) is 24.1. The monoisotopic (exact) mass is 493 g/mol. The number of carbonyl (C=O) groups is 2. The van der Waals surface area contributed by atoms with E-state index in [9.17, 15) is 19.1 Å². The number of carbonyl (C=O) groups excluding carboxylic acids is 2. The van der Waals surface area contributed by atoms with Crippen LogP contribution in [-0.4, -0.2) is 44.3 Å². The van der Waals surface area contributed by atoms with E-state index in [1.54, 1.807) is 37.3 Å². The number of hydrogen-bond donors (Lipinski definition) is 3. The Labute approximate surface area is 205 Å². The van der Waals surface area contributed by atoms with E-state index < -0.39 is 23.7 Å². The van der Waals surface area contributed by atoms with E-state index in [1.165, 1.54) is 41.2 Å².